The largest absolute Gasteiger partial charge is 0.332 e. The molecule has 0 radical (unpaired) electrons. The Morgan fingerprint density at radius 3 is 2.57 bits per heavy atom. The van der Waals surface area contributed by atoms with Gasteiger partial charge in [0, 0.05) is 6.16 Å². The highest BCUT2D eigenvalue weighted by Crippen LogP contribution is 2.50. The molecule has 1 unspecified atom stereocenters. The Hall–Kier alpha value is -0.550. The zero-order valence-electron chi connectivity index (χ0n) is 8.95. The zero-order valence-corrected chi connectivity index (χ0v) is 9.84. The van der Waals surface area contributed by atoms with Gasteiger partial charge >= 0.3 is 7.60 Å². The van der Waals surface area contributed by atoms with Crippen molar-refractivity contribution in [1.82, 2.24) is 0 Å². The van der Waals surface area contributed by atoms with E-state index in [0.717, 1.165) is 0 Å². The maximum absolute atomic E-state index is 11.9. The molecule has 0 aromatic carbocycles. The maximum atomic E-state index is 11.9. The molecule has 0 rings (SSSR count). The second-order valence-corrected chi connectivity index (χ2v) is 5.55. The summed E-state index contributed by atoms with van der Waals surface area (Å²) >= 11 is 0. The minimum atomic E-state index is -3.07. The van der Waals surface area contributed by atoms with Gasteiger partial charge in [0.2, 0.25) is 0 Å². The Balaban J connectivity index is 4.49. The fraction of sp³-hybridized carbons (Fsp3) is 0.600. The lowest BCUT2D eigenvalue weighted by molar-refractivity contribution is 0.131. The highest BCUT2D eigenvalue weighted by Gasteiger charge is 2.30. The van der Waals surface area contributed by atoms with E-state index < -0.39 is 13.2 Å². The van der Waals surface area contributed by atoms with E-state index in [4.69, 9.17) is 15.5 Å². The van der Waals surface area contributed by atoms with Crippen LogP contribution in [0.5, 0.6) is 0 Å². The zero-order chi connectivity index (χ0) is 11.2. The van der Waals surface area contributed by atoms with Gasteiger partial charge in [0.1, 0.15) is 5.60 Å². The lowest BCUT2D eigenvalue weighted by Gasteiger charge is -2.25. The van der Waals surface area contributed by atoms with Crippen molar-refractivity contribution in [2.75, 3.05) is 12.8 Å². The van der Waals surface area contributed by atoms with Crippen LogP contribution in [0.2, 0.25) is 0 Å². The Morgan fingerprint density at radius 1 is 1.64 bits per heavy atom. The summed E-state index contributed by atoms with van der Waals surface area (Å²) in [6, 6.07) is 0. The van der Waals surface area contributed by atoms with Crippen LogP contribution in [-0.2, 0) is 13.6 Å². The van der Waals surface area contributed by atoms with Crippen molar-refractivity contribution in [1.29, 1.82) is 0 Å². The van der Waals surface area contributed by atoms with Crippen LogP contribution in [0.4, 0.5) is 0 Å². The van der Waals surface area contributed by atoms with Crippen LogP contribution in [-0.4, -0.2) is 18.4 Å². The molecule has 0 heterocycles. The molecule has 1 atom stereocenters. The Labute approximate surface area is 86.0 Å². The number of hydrogen-bond donors (Lipinski definition) is 0. The van der Waals surface area contributed by atoms with Gasteiger partial charge in [-0.25, -0.2) is 0 Å². The van der Waals surface area contributed by atoms with E-state index in [9.17, 15) is 4.57 Å². The van der Waals surface area contributed by atoms with Gasteiger partial charge in [0.05, 0.1) is 6.61 Å². The third-order valence-electron chi connectivity index (χ3n) is 1.49. The first-order valence-corrected chi connectivity index (χ1v) is 6.15. The summed E-state index contributed by atoms with van der Waals surface area (Å²) in [5.41, 5.74) is -0.868. The second-order valence-electron chi connectivity index (χ2n) is 3.26. The summed E-state index contributed by atoms with van der Waals surface area (Å²) in [5, 5.41) is 0. The lowest BCUT2D eigenvalue weighted by atomic mass is 10.2. The topological polar surface area (TPSA) is 35.5 Å². The summed E-state index contributed by atoms with van der Waals surface area (Å²) < 4.78 is 22.3. The van der Waals surface area contributed by atoms with Crippen LogP contribution in [0.25, 0.3) is 0 Å². The van der Waals surface area contributed by atoms with E-state index in [0.29, 0.717) is 6.16 Å². The van der Waals surface area contributed by atoms with Gasteiger partial charge in [-0.1, -0.05) is 18.9 Å². The molecule has 0 saturated heterocycles. The molecule has 3 nitrogen and oxygen atoms in total. The highest BCUT2D eigenvalue weighted by atomic mass is 31.2. The molecule has 0 aliphatic rings. The standard InChI is InChI=1S/C10H17O3P/c1-6-9-12-14(11,8-3)13-10(4,5)7-2/h2,6H,1,8-9H2,3-5H3. The van der Waals surface area contributed by atoms with Gasteiger partial charge in [-0.15, -0.1) is 13.0 Å². The van der Waals surface area contributed by atoms with E-state index in [1.54, 1.807) is 20.8 Å². The molecule has 0 aromatic heterocycles. The molecule has 0 spiro atoms. The van der Waals surface area contributed by atoms with Crippen molar-refractivity contribution in [2.45, 2.75) is 26.4 Å². The molecule has 0 aromatic rings. The van der Waals surface area contributed by atoms with Gasteiger partial charge in [-0.05, 0) is 13.8 Å². The van der Waals surface area contributed by atoms with Gasteiger partial charge < -0.3 is 4.52 Å². The van der Waals surface area contributed by atoms with Gasteiger partial charge in [0.25, 0.3) is 0 Å². The lowest BCUT2D eigenvalue weighted by Crippen LogP contribution is -2.21. The normalized spacial score (nSPS) is 15.6. The molecule has 80 valence electrons. The summed E-state index contributed by atoms with van der Waals surface area (Å²) in [6.07, 6.45) is 7.04. The second kappa shape index (κ2) is 5.36. The highest BCUT2D eigenvalue weighted by molar-refractivity contribution is 7.53. The summed E-state index contributed by atoms with van der Waals surface area (Å²) in [5.74, 6) is 2.41. The maximum Gasteiger partial charge on any atom is 0.332 e. The first-order chi connectivity index (χ1) is 6.39. The van der Waals surface area contributed by atoms with Crippen molar-refractivity contribution >= 4 is 7.60 Å². The summed E-state index contributed by atoms with van der Waals surface area (Å²) in [7, 11) is -3.07. The van der Waals surface area contributed by atoms with Crippen LogP contribution >= 0.6 is 7.60 Å². The fourth-order valence-corrected chi connectivity index (χ4v) is 2.17. The minimum Gasteiger partial charge on any atom is -0.304 e. The number of terminal acetylenes is 1. The molecule has 0 N–H and O–H groups in total. The van der Waals surface area contributed by atoms with Gasteiger partial charge in [0.15, 0.2) is 0 Å². The predicted octanol–water partition coefficient (Wildman–Crippen LogP) is 2.83. The van der Waals surface area contributed by atoms with Gasteiger partial charge in [-0.3, -0.25) is 9.09 Å². The van der Waals surface area contributed by atoms with Crippen LogP contribution in [0.3, 0.4) is 0 Å². The van der Waals surface area contributed by atoms with Crippen molar-refractivity contribution in [2.24, 2.45) is 0 Å². The number of rotatable bonds is 6. The molecule has 0 fully saturated rings. The summed E-state index contributed by atoms with van der Waals surface area (Å²) in [6.45, 7) is 8.75. The average Bonchev–Trinajstić information content (AvgIpc) is 2.14. The molecular weight excluding hydrogens is 199 g/mol. The van der Waals surface area contributed by atoms with E-state index in [2.05, 4.69) is 12.5 Å². The van der Waals surface area contributed by atoms with Crippen molar-refractivity contribution in [3.05, 3.63) is 12.7 Å². The number of hydrogen-bond acceptors (Lipinski definition) is 3. The Kier molecular flexibility index (Phi) is 5.15. The van der Waals surface area contributed by atoms with E-state index in [-0.39, 0.29) is 6.61 Å². The fourth-order valence-electron chi connectivity index (χ4n) is 0.723. The minimum absolute atomic E-state index is 0.200. The third kappa shape index (κ3) is 4.62. The quantitative estimate of drug-likeness (QED) is 0.389. The SMILES string of the molecule is C#CC(C)(C)OP(=O)(CC)OCC=C. The van der Waals surface area contributed by atoms with Crippen LogP contribution in [0.1, 0.15) is 20.8 Å². The van der Waals surface area contributed by atoms with Crippen molar-refractivity contribution < 1.29 is 13.6 Å². The first-order valence-electron chi connectivity index (χ1n) is 4.42. The van der Waals surface area contributed by atoms with Gasteiger partial charge in [-0.2, -0.15) is 0 Å². The molecule has 0 aliphatic heterocycles. The molecular formula is C10H17O3P. The van der Waals surface area contributed by atoms with E-state index >= 15 is 0 Å². The van der Waals surface area contributed by atoms with E-state index in [1.807, 2.05) is 0 Å². The van der Waals surface area contributed by atoms with Crippen molar-refractivity contribution in [3.63, 3.8) is 0 Å². The van der Waals surface area contributed by atoms with Crippen molar-refractivity contribution in [3.8, 4) is 12.3 Å². The monoisotopic (exact) mass is 216 g/mol. The summed E-state index contributed by atoms with van der Waals surface area (Å²) in [4.78, 5) is 0. The molecule has 0 aliphatic carbocycles. The van der Waals surface area contributed by atoms with Crippen LogP contribution in [0, 0.1) is 12.3 Å². The smallest absolute Gasteiger partial charge is 0.304 e. The third-order valence-corrected chi connectivity index (χ3v) is 3.54. The van der Waals surface area contributed by atoms with E-state index in [1.165, 1.54) is 6.08 Å². The predicted molar refractivity (Wildman–Crippen MR) is 58.3 cm³/mol. The molecule has 14 heavy (non-hydrogen) atoms. The molecule has 0 bridgehead atoms. The Morgan fingerprint density at radius 2 is 2.21 bits per heavy atom. The van der Waals surface area contributed by atoms with Crippen LogP contribution < -0.4 is 0 Å². The molecule has 0 amide bonds. The van der Waals surface area contributed by atoms with Crippen LogP contribution in [0.15, 0.2) is 12.7 Å². The molecule has 4 heteroatoms. The Bertz CT molecular complexity index is 276. The first kappa shape index (κ1) is 13.4. The average molecular weight is 216 g/mol. The molecule has 0 saturated carbocycles.